The van der Waals surface area contributed by atoms with Crippen molar-refractivity contribution >= 4 is 23.6 Å². The van der Waals surface area contributed by atoms with Crippen LogP contribution >= 0.6 is 0 Å². The largest absolute Gasteiger partial charge is 0.492 e. The molecule has 1 aromatic heterocycles. The van der Waals surface area contributed by atoms with Crippen LogP contribution in [0.2, 0.25) is 0 Å². The molecule has 1 aliphatic heterocycles. The first-order chi connectivity index (χ1) is 14.1. The summed E-state index contributed by atoms with van der Waals surface area (Å²) in [5, 5.41) is 2.90. The van der Waals surface area contributed by atoms with Gasteiger partial charge in [-0.25, -0.2) is 4.39 Å². The van der Waals surface area contributed by atoms with E-state index < -0.39 is 11.9 Å². The van der Waals surface area contributed by atoms with Crippen molar-refractivity contribution in [3.63, 3.8) is 0 Å². The molecule has 2 aromatic carbocycles. The van der Waals surface area contributed by atoms with Crippen molar-refractivity contribution < 1.29 is 18.7 Å². The fourth-order valence-corrected chi connectivity index (χ4v) is 2.95. The van der Waals surface area contributed by atoms with Crippen LogP contribution in [0.25, 0.3) is 0 Å². The summed E-state index contributed by atoms with van der Waals surface area (Å²) < 4.78 is 24.0. The zero-order valence-electron chi connectivity index (χ0n) is 15.3. The molecule has 0 radical (unpaired) electrons. The van der Waals surface area contributed by atoms with E-state index in [4.69, 9.17) is 15.2 Å². The molecule has 0 saturated heterocycles. The monoisotopic (exact) mass is 395 g/mol. The van der Waals surface area contributed by atoms with Gasteiger partial charge in [0.05, 0.1) is 5.92 Å². The fraction of sp³-hybridized carbons (Fsp3) is 0.200. The van der Waals surface area contributed by atoms with Gasteiger partial charge in [0.2, 0.25) is 11.9 Å². The number of esters is 1. The van der Waals surface area contributed by atoms with Gasteiger partial charge in [0, 0.05) is 5.69 Å². The summed E-state index contributed by atoms with van der Waals surface area (Å²) in [5.41, 5.74) is 7.27. The van der Waals surface area contributed by atoms with Crippen molar-refractivity contribution in [3.05, 3.63) is 65.7 Å². The minimum absolute atomic E-state index is 0.0226. The number of nitrogens with one attached hydrogen (secondary N) is 1. The van der Waals surface area contributed by atoms with E-state index >= 15 is 0 Å². The zero-order chi connectivity index (χ0) is 20.2. The number of ether oxygens (including phenoxy) is 2. The van der Waals surface area contributed by atoms with Crippen molar-refractivity contribution in [3.8, 4) is 5.75 Å². The Bertz CT molecular complexity index is 1030. The maximum Gasteiger partial charge on any atom is 0.313 e. The van der Waals surface area contributed by atoms with Crippen molar-refractivity contribution in [2.24, 2.45) is 5.92 Å². The zero-order valence-corrected chi connectivity index (χ0v) is 15.3. The third-order valence-electron chi connectivity index (χ3n) is 4.36. The lowest BCUT2D eigenvalue weighted by atomic mass is 9.97. The number of carbonyl (C=O) groups excluding carboxylic acids is 1. The van der Waals surface area contributed by atoms with Gasteiger partial charge in [-0.15, -0.1) is 0 Å². The number of nitrogen functional groups attached to an aromatic ring is 1. The van der Waals surface area contributed by atoms with E-state index in [-0.39, 0.29) is 36.8 Å². The highest BCUT2D eigenvalue weighted by Crippen LogP contribution is 2.27. The van der Waals surface area contributed by atoms with Crippen LogP contribution in [-0.2, 0) is 22.6 Å². The maximum absolute atomic E-state index is 13.0. The first kappa shape index (κ1) is 18.6. The summed E-state index contributed by atoms with van der Waals surface area (Å²) in [7, 11) is 0. The van der Waals surface area contributed by atoms with Crippen molar-refractivity contribution in [1.82, 2.24) is 15.0 Å². The number of hydrogen-bond acceptors (Lipinski definition) is 8. The Morgan fingerprint density at radius 1 is 1.17 bits per heavy atom. The molecule has 0 amide bonds. The Morgan fingerprint density at radius 3 is 2.79 bits per heavy atom. The highest BCUT2D eigenvalue weighted by molar-refractivity contribution is 5.73. The van der Waals surface area contributed by atoms with E-state index in [1.54, 1.807) is 0 Å². The normalized spacial score (nSPS) is 15.1. The number of hydrogen-bond donors (Lipinski definition) is 2. The van der Waals surface area contributed by atoms with E-state index in [1.165, 1.54) is 24.3 Å². The number of carbonyl (C=O) groups is 1. The number of fused-ring (bicyclic) bond motifs is 1. The molecule has 1 atom stereocenters. The van der Waals surface area contributed by atoms with Crippen LogP contribution in [0.5, 0.6) is 5.75 Å². The van der Waals surface area contributed by atoms with Crippen LogP contribution in [0.1, 0.15) is 11.4 Å². The fourth-order valence-electron chi connectivity index (χ4n) is 2.95. The molecule has 0 fully saturated rings. The van der Waals surface area contributed by atoms with Crippen LogP contribution < -0.4 is 15.8 Å². The minimum atomic E-state index is -0.402. The van der Waals surface area contributed by atoms with Gasteiger partial charge in [-0.1, -0.05) is 18.2 Å². The summed E-state index contributed by atoms with van der Waals surface area (Å²) >= 11 is 0. The Hall–Kier alpha value is -3.75. The Balaban J connectivity index is 1.39. The second-order valence-corrected chi connectivity index (χ2v) is 6.49. The van der Waals surface area contributed by atoms with Crippen LogP contribution in [0, 0.1) is 11.7 Å². The molecule has 3 aromatic rings. The van der Waals surface area contributed by atoms with E-state index in [0.717, 1.165) is 11.3 Å². The average Bonchev–Trinajstić information content (AvgIpc) is 2.73. The van der Waals surface area contributed by atoms with E-state index in [2.05, 4.69) is 20.3 Å². The highest BCUT2D eigenvalue weighted by atomic mass is 19.1. The average molecular weight is 395 g/mol. The van der Waals surface area contributed by atoms with E-state index in [1.807, 2.05) is 24.3 Å². The summed E-state index contributed by atoms with van der Waals surface area (Å²) in [5.74, 6) is -0.0124. The number of benzene rings is 2. The molecule has 0 bridgehead atoms. The predicted molar refractivity (Wildman–Crippen MR) is 103 cm³/mol. The van der Waals surface area contributed by atoms with Crippen molar-refractivity contribution in [2.75, 3.05) is 17.7 Å². The number of anilines is 3. The summed E-state index contributed by atoms with van der Waals surface area (Å²) in [6.07, 6.45) is 0.547. The number of halogens is 1. The second kappa shape index (κ2) is 8.09. The van der Waals surface area contributed by atoms with E-state index in [0.29, 0.717) is 12.1 Å². The van der Waals surface area contributed by atoms with Gasteiger partial charge in [-0.2, -0.15) is 15.0 Å². The van der Waals surface area contributed by atoms with Crippen LogP contribution in [0.4, 0.5) is 22.0 Å². The van der Waals surface area contributed by atoms with Gasteiger partial charge in [-0.05, 0) is 42.3 Å². The highest BCUT2D eigenvalue weighted by Gasteiger charge is 2.27. The first-order valence-corrected chi connectivity index (χ1v) is 8.97. The first-order valence-electron chi connectivity index (χ1n) is 8.97. The Kier molecular flexibility index (Phi) is 5.19. The van der Waals surface area contributed by atoms with Gasteiger partial charge in [-0.3, -0.25) is 4.79 Å². The lowest BCUT2D eigenvalue weighted by Gasteiger charge is -2.23. The molecule has 8 nitrogen and oxygen atoms in total. The molecule has 29 heavy (non-hydrogen) atoms. The van der Waals surface area contributed by atoms with Crippen molar-refractivity contribution in [1.29, 1.82) is 0 Å². The Labute approximate surface area is 165 Å². The quantitative estimate of drug-likeness (QED) is 0.634. The Morgan fingerprint density at radius 2 is 1.97 bits per heavy atom. The summed E-state index contributed by atoms with van der Waals surface area (Å²) in [6.45, 7) is 0.106. The third kappa shape index (κ3) is 4.57. The molecular formula is C20H18FN5O3. The van der Waals surface area contributed by atoms with Gasteiger partial charge in [0.15, 0.2) is 12.4 Å². The lowest BCUT2D eigenvalue weighted by Crippen LogP contribution is -2.29. The molecule has 0 aliphatic carbocycles. The number of para-hydroxylation sites is 1. The van der Waals surface area contributed by atoms with Gasteiger partial charge < -0.3 is 20.5 Å². The smallest absolute Gasteiger partial charge is 0.313 e. The number of aromatic nitrogens is 3. The van der Waals surface area contributed by atoms with Crippen LogP contribution in [0.3, 0.4) is 0 Å². The summed E-state index contributed by atoms with van der Waals surface area (Å²) in [4.78, 5) is 24.6. The standard InChI is InChI=1S/C20H18FN5O3/c21-14-5-7-15(8-6-14)23-20-25-17(24-19(22)26-20)11-29-18(27)13-9-12-3-1-2-4-16(12)28-10-13/h1-8,13H,9-11H2,(H3,22,23,24,25,26)/t13-/m1/s1. The molecule has 2 heterocycles. The lowest BCUT2D eigenvalue weighted by molar-refractivity contribution is -0.151. The minimum Gasteiger partial charge on any atom is -0.492 e. The van der Waals surface area contributed by atoms with Crippen LogP contribution in [-0.4, -0.2) is 27.5 Å². The SMILES string of the molecule is Nc1nc(COC(=O)[C@H]2COc3ccccc3C2)nc(Nc2ccc(F)cc2)n1. The molecule has 0 unspecified atom stereocenters. The third-order valence-corrected chi connectivity index (χ3v) is 4.36. The molecule has 148 valence electrons. The molecule has 0 saturated carbocycles. The number of rotatable bonds is 5. The molecule has 0 spiro atoms. The number of nitrogens with zero attached hydrogens (tertiary/aromatic N) is 3. The van der Waals surface area contributed by atoms with Gasteiger partial charge >= 0.3 is 5.97 Å². The van der Waals surface area contributed by atoms with Crippen LogP contribution in [0.15, 0.2) is 48.5 Å². The number of nitrogens with two attached hydrogens (primary N) is 1. The molecule has 4 rings (SSSR count). The maximum atomic E-state index is 13.0. The van der Waals surface area contributed by atoms with Gasteiger partial charge in [0.1, 0.15) is 18.2 Å². The molecule has 1 aliphatic rings. The van der Waals surface area contributed by atoms with Crippen molar-refractivity contribution in [2.45, 2.75) is 13.0 Å². The topological polar surface area (TPSA) is 112 Å². The van der Waals surface area contributed by atoms with Gasteiger partial charge in [0.25, 0.3) is 0 Å². The molecular weight excluding hydrogens is 377 g/mol. The summed E-state index contributed by atoms with van der Waals surface area (Å²) in [6, 6.07) is 13.3. The second-order valence-electron chi connectivity index (χ2n) is 6.49. The molecule has 9 heteroatoms. The molecule has 3 N–H and O–H groups in total. The predicted octanol–water partition coefficient (Wildman–Crippen LogP) is 2.63. The van der Waals surface area contributed by atoms with E-state index in [9.17, 15) is 9.18 Å².